The van der Waals surface area contributed by atoms with Gasteiger partial charge in [0.25, 0.3) is 0 Å². The smallest absolute Gasteiger partial charge is 0.226 e. The third kappa shape index (κ3) is 4.98. The van der Waals surface area contributed by atoms with Crippen molar-refractivity contribution in [3.05, 3.63) is 46.9 Å². The molecule has 0 radical (unpaired) electrons. The molecule has 0 bridgehead atoms. The molecule has 1 aromatic heterocycles. The number of fused-ring (bicyclic) bond motifs is 1. The highest BCUT2D eigenvalue weighted by Gasteiger charge is 2.29. The first kappa shape index (κ1) is 21.6. The molecule has 166 valence electrons. The van der Waals surface area contributed by atoms with E-state index in [9.17, 15) is 4.79 Å². The highest BCUT2D eigenvalue weighted by molar-refractivity contribution is 5.76. The van der Waals surface area contributed by atoms with E-state index in [1.807, 2.05) is 43.1 Å². The largest absolute Gasteiger partial charge is 0.493 e. The topological polar surface area (TPSA) is 70.6 Å². The fourth-order valence-electron chi connectivity index (χ4n) is 4.51. The molecule has 0 aliphatic carbocycles. The van der Waals surface area contributed by atoms with Crippen LogP contribution in [0.3, 0.4) is 0 Å². The van der Waals surface area contributed by atoms with Crippen molar-refractivity contribution in [2.45, 2.75) is 45.1 Å². The predicted molar refractivity (Wildman–Crippen MR) is 121 cm³/mol. The van der Waals surface area contributed by atoms with Crippen molar-refractivity contribution < 1.29 is 9.53 Å². The quantitative estimate of drug-likeness (QED) is 0.770. The number of amides is 1. The lowest BCUT2D eigenvalue weighted by Gasteiger charge is -2.33. The van der Waals surface area contributed by atoms with E-state index in [-0.39, 0.29) is 11.8 Å². The summed E-state index contributed by atoms with van der Waals surface area (Å²) in [6, 6.07) is 7.90. The maximum Gasteiger partial charge on any atom is 0.226 e. The van der Waals surface area contributed by atoms with Gasteiger partial charge in [-0.05, 0) is 44.9 Å². The Morgan fingerprint density at radius 3 is 2.90 bits per heavy atom. The zero-order valence-electron chi connectivity index (χ0n) is 18.9. The second-order valence-electron chi connectivity index (χ2n) is 8.64. The van der Waals surface area contributed by atoms with Gasteiger partial charge >= 0.3 is 0 Å². The van der Waals surface area contributed by atoms with Crippen LogP contribution in [0.25, 0.3) is 0 Å². The Morgan fingerprint density at radius 1 is 1.26 bits per heavy atom. The molecule has 31 heavy (non-hydrogen) atoms. The number of aryl methyl sites for hydroxylation is 1. The number of anilines is 1. The second-order valence-corrected chi connectivity index (χ2v) is 8.64. The Kier molecular flexibility index (Phi) is 6.70. The van der Waals surface area contributed by atoms with Crippen molar-refractivity contribution in [3.8, 4) is 5.75 Å². The number of ether oxygens (including phenoxy) is 1. The van der Waals surface area contributed by atoms with Gasteiger partial charge in [0.05, 0.1) is 18.7 Å². The number of hydrogen-bond acceptors (Lipinski definition) is 6. The minimum atomic E-state index is 0.143. The lowest BCUT2D eigenvalue weighted by molar-refractivity contribution is -0.133. The van der Waals surface area contributed by atoms with Crippen molar-refractivity contribution in [1.29, 1.82) is 0 Å². The Labute approximate surface area is 184 Å². The molecule has 1 fully saturated rings. The van der Waals surface area contributed by atoms with Gasteiger partial charge in [-0.1, -0.05) is 18.2 Å². The number of rotatable bonds is 6. The van der Waals surface area contributed by atoms with E-state index >= 15 is 0 Å². The molecule has 1 atom stereocenters. The average Bonchev–Trinajstić information content (AvgIpc) is 2.79. The number of carbonyl (C=O) groups excluding carboxylic acids is 1. The van der Waals surface area contributed by atoms with Gasteiger partial charge in [0, 0.05) is 44.7 Å². The zero-order chi connectivity index (χ0) is 21.8. The summed E-state index contributed by atoms with van der Waals surface area (Å²) >= 11 is 0. The lowest BCUT2D eigenvalue weighted by atomic mass is 9.96. The molecule has 3 heterocycles. The highest BCUT2D eigenvalue weighted by Crippen LogP contribution is 2.29. The molecule has 4 rings (SSSR count). The van der Waals surface area contributed by atoms with Crippen LogP contribution in [-0.4, -0.2) is 66.0 Å². The van der Waals surface area contributed by atoms with Crippen LogP contribution in [0.5, 0.6) is 5.75 Å². The number of likely N-dealkylation sites (tertiary alicyclic amines) is 1. The molecule has 1 amide bonds. The first-order valence-corrected chi connectivity index (χ1v) is 11.3. The Bertz CT molecular complexity index is 932. The third-order valence-corrected chi connectivity index (χ3v) is 6.32. The summed E-state index contributed by atoms with van der Waals surface area (Å²) < 4.78 is 5.83. The summed E-state index contributed by atoms with van der Waals surface area (Å²) in [5.74, 6) is 2.98. The molecule has 2 aliphatic heterocycles. The predicted octanol–water partition coefficient (Wildman–Crippen LogP) is 2.99. The number of benzene rings is 1. The van der Waals surface area contributed by atoms with Crippen LogP contribution >= 0.6 is 0 Å². The molecule has 7 nitrogen and oxygen atoms in total. The molecule has 2 aliphatic rings. The average molecular weight is 424 g/mol. The van der Waals surface area contributed by atoms with E-state index in [4.69, 9.17) is 14.7 Å². The fourth-order valence-corrected chi connectivity index (χ4v) is 4.51. The molecule has 1 aromatic carbocycles. The van der Waals surface area contributed by atoms with E-state index in [1.54, 1.807) is 0 Å². The van der Waals surface area contributed by atoms with Gasteiger partial charge in [-0.15, -0.1) is 0 Å². The zero-order valence-corrected chi connectivity index (χ0v) is 18.9. The maximum atomic E-state index is 12.8. The van der Waals surface area contributed by atoms with Crippen LogP contribution in [0.4, 0.5) is 5.82 Å². The van der Waals surface area contributed by atoms with Crippen LogP contribution < -0.4 is 10.1 Å². The maximum absolute atomic E-state index is 12.8. The minimum Gasteiger partial charge on any atom is -0.493 e. The molecular weight excluding hydrogens is 390 g/mol. The summed E-state index contributed by atoms with van der Waals surface area (Å²) in [5.41, 5.74) is 3.45. The van der Waals surface area contributed by atoms with Gasteiger partial charge in [0.1, 0.15) is 17.4 Å². The van der Waals surface area contributed by atoms with Crippen LogP contribution in [-0.2, 0) is 17.8 Å². The molecule has 1 N–H and O–H groups in total. The Balaban J connectivity index is 1.39. The van der Waals surface area contributed by atoms with E-state index in [0.29, 0.717) is 19.6 Å². The monoisotopic (exact) mass is 423 g/mol. The number of piperidine rings is 1. The number of likely N-dealkylation sites (N-methyl/N-ethyl adjacent to an activating group) is 1. The minimum absolute atomic E-state index is 0.143. The summed E-state index contributed by atoms with van der Waals surface area (Å²) in [6.07, 6.45) is 3.35. The molecule has 2 aromatic rings. The highest BCUT2D eigenvalue weighted by atomic mass is 16.5. The van der Waals surface area contributed by atoms with Gasteiger partial charge in [0.2, 0.25) is 5.91 Å². The third-order valence-electron chi connectivity index (χ3n) is 6.32. The Morgan fingerprint density at radius 2 is 2.10 bits per heavy atom. The molecule has 1 saturated heterocycles. The molecule has 7 heteroatoms. The van der Waals surface area contributed by atoms with Crippen LogP contribution in [0.2, 0.25) is 0 Å². The van der Waals surface area contributed by atoms with E-state index in [2.05, 4.69) is 17.3 Å². The number of para-hydroxylation sites is 1. The van der Waals surface area contributed by atoms with E-state index < -0.39 is 0 Å². The summed E-state index contributed by atoms with van der Waals surface area (Å²) in [5, 5.41) is 3.26. The van der Waals surface area contributed by atoms with Crippen LogP contribution in [0.1, 0.15) is 47.8 Å². The van der Waals surface area contributed by atoms with E-state index in [1.165, 1.54) is 5.56 Å². The van der Waals surface area contributed by atoms with Gasteiger partial charge in [-0.2, -0.15) is 0 Å². The number of nitrogens with zero attached hydrogens (tertiary/aromatic N) is 4. The normalized spacial score (nSPS) is 19.1. The second kappa shape index (κ2) is 9.64. The van der Waals surface area contributed by atoms with Gasteiger partial charge in [-0.25, -0.2) is 9.97 Å². The Hall–Kier alpha value is -2.67. The standard InChI is InChI=1S/C24H33N5O2/c1-17-7-4-5-9-21(17)31-14-11-22(30)29-12-6-8-18(15-29)23-26-20-16-28(3)13-10-19(20)24(25-2)27-23/h4-5,7,9,18H,6,8,10-16H2,1-3H3,(H,25,26,27). The first-order chi connectivity index (χ1) is 15.0. The van der Waals surface area contributed by atoms with Crippen molar-refractivity contribution in [2.75, 3.05) is 45.7 Å². The first-order valence-electron chi connectivity index (χ1n) is 11.3. The number of hydrogen-bond donors (Lipinski definition) is 1. The van der Waals surface area contributed by atoms with Gasteiger partial charge < -0.3 is 19.9 Å². The molecular formula is C24H33N5O2. The molecule has 0 saturated carbocycles. The number of aromatic nitrogens is 2. The van der Waals surface area contributed by atoms with Crippen LogP contribution in [0, 0.1) is 6.92 Å². The van der Waals surface area contributed by atoms with Crippen LogP contribution in [0.15, 0.2) is 24.3 Å². The molecule has 0 spiro atoms. The van der Waals surface area contributed by atoms with Gasteiger partial charge in [-0.3, -0.25) is 4.79 Å². The van der Waals surface area contributed by atoms with E-state index in [0.717, 1.165) is 67.5 Å². The SMILES string of the molecule is CNc1nc(C2CCCN(C(=O)CCOc3ccccc3C)C2)nc2c1CCN(C)C2. The number of nitrogens with one attached hydrogen (secondary N) is 1. The van der Waals surface area contributed by atoms with Crippen molar-refractivity contribution in [3.63, 3.8) is 0 Å². The van der Waals surface area contributed by atoms with Crippen molar-refractivity contribution in [2.24, 2.45) is 0 Å². The van der Waals surface area contributed by atoms with Crippen molar-refractivity contribution >= 4 is 11.7 Å². The lowest BCUT2D eigenvalue weighted by Crippen LogP contribution is -2.40. The summed E-state index contributed by atoms with van der Waals surface area (Å²) in [6.45, 7) is 5.78. The molecule has 1 unspecified atom stereocenters. The summed E-state index contributed by atoms with van der Waals surface area (Å²) in [4.78, 5) is 26.9. The summed E-state index contributed by atoms with van der Waals surface area (Å²) in [7, 11) is 4.06. The van der Waals surface area contributed by atoms with Gasteiger partial charge in [0.15, 0.2) is 0 Å². The van der Waals surface area contributed by atoms with Crippen molar-refractivity contribution in [1.82, 2.24) is 19.8 Å². The number of carbonyl (C=O) groups is 1. The fraction of sp³-hybridized carbons (Fsp3) is 0.542.